The van der Waals surface area contributed by atoms with Crippen LogP contribution in [0.15, 0.2) is 42.6 Å². The van der Waals surface area contributed by atoms with E-state index < -0.39 is 0 Å². The fourth-order valence-electron chi connectivity index (χ4n) is 1.64. The quantitative estimate of drug-likeness (QED) is 0.421. The van der Waals surface area contributed by atoms with Crippen LogP contribution in [0.25, 0.3) is 0 Å². The molecule has 0 saturated carbocycles. The summed E-state index contributed by atoms with van der Waals surface area (Å²) in [5.41, 5.74) is 0. The van der Waals surface area contributed by atoms with Gasteiger partial charge in [0.1, 0.15) is 5.75 Å². The number of para-hydroxylation sites is 1. The number of hydrogen-bond acceptors (Lipinski definition) is 3. The molecular formula is C15H21NO2. The third-order valence-corrected chi connectivity index (χ3v) is 2.40. The van der Waals surface area contributed by atoms with E-state index in [2.05, 4.69) is 18.7 Å². The molecule has 0 atom stereocenters. The molecular weight excluding hydrogens is 226 g/mol. The zero-order valence-electron chi connectivity index (χ0n) is 11.1. The average molecular weight is 247 g/mol. The summed E-state index contributed by atoms with van der Waals surface area (Å²) in [4.78, 5) is 13.7. The van der Waals surface area contributed by atoms with Gasteiger partial charge in [-0.25, -0.2) is 4.79 Å². The number of hydrogen-bond donors (Lipinski definition) is 0. The SMILES string of the molecule is CCCN(/C=C/C(=O)Oc1ccccc1)CCC. The van der Waals surface area contributed by atoms with Crippen molar-refractivity contribution < 1.29 is 9.53 Å². The Bertz CT molecular complexity index is 367. The lowest BCUT2D eigenvalue weighted by Gasteiger charge is -2.18. The van der Waals surface area contributed by atoms with Crippen LogP contribution in [0.2, 0.25) is 0 Å². The Hall–Kier alpha value is -1.77. The van der Waals surface area contributed by atoms with Crippen LogP contribution in [0.4, 0.5) is 0 Å². The predicted molar refractivity (Wildman–Crippen MR) is 73.4 cm³/mol. The van der Waals surface area contributed by atoms with Gasteiger partial charge >= 0.3 is 5.97 Å². The van der Waals surface area contributed by atoms with Gasteiger partial charge in [0.05, 0.1) is 0 Å². The molecule has 0 bridgehead atoms. The van der Waals surface area contributed by atoms with Gasteiger partial charge in [-0.15, -0.1) is 0 Å². The summed E-state index contributed by atoms with van der Waals surface area (Å²) in [6, 6.07) is 9.10. The summed E-state index contributed by atoms with van der Waals surface area (Å²) in [7, 11) is 0. The fraction of sp³-hybridized carbons (Fsp3) is 0.400. The number of nitrogens with zero attached hydrogens (tertiary/aromatic N) is 1. The van der Waals surface area contributed by atoms with Gasteiger partial charge in [0.15, 0.2) is 0 Å². The lowest BCUT2D eigenvalue weighted by molar-refractivity contribution is -0.129. The average Bonchev–Trinajstić information content (AvgIpc) is 2.38. The minimum absolute atomic E-state index is 0.335. The van der Waals surface area contributed by atoms with Gasteiger partial charge in [-0.2, -0.15) is 0 Å². The van der Waals surface area contributed by atoms with Crippen LogP contribution in [-0.4, -0.2) is 24.0 Å². The molecule has 0 aliphatic heterocycles. The monoisotopic (exact) mass is 247 g/mol. The molecule has 98 valence electrons. The third kappa shape index (κ3) is 5.53. The second-order valence-electron chi connectivity index (χ2n) is 4.09. The molecule has 0 heterocycles. The van der Waals surface area contributed by atoms with Crippen molar-refractivity contribution >= 4 is 5.97 Å². The van der Waals surface area contributed by atoms with E-state index in [0.717, 1.165) is 25.9 Å². The van der Waals surface area contributed by atoms with E-state index in [0.29, 0.717) is 5.75 Å². The van der Waals surface area contributed by atoms with E-state index >= 15 is 0 Å². The molecule has 0 aliphatic rings. The largest absolute Gasteiger partial charge is 0.423 e. The number of ether oxygens (including phenoxy) is 1. The number of benzene rings is 1. The van der Waals surface area contributed by atoms with Crippen LogP contribution < -0.4 is 4.74 Å². The van der Waals surface area contributed by atoms with Gasteiger partial charge in [0.25, 0.3) is 0 Å². The van der Waals surface area contributed by atoms with E-state index in [1.54, 1.807) is 12.1 Å². The molecule has 1 aromatic carbocycles. The molecule has 1 aromatic rings. The minimum atomic E-state index is -0.335. The van der Waals surface area contributed by atoms with Gasteiger partial charge in [-0.1, -0.05) is 32.0 Å². The van der Waals surface area contributed by atoms with Gasteiger partial charge in [0.2, 0.25) is 0 Å². The molecule has 3 nitrogen and oxygen atoms in total. The molecule has 0 radical (unpaired) electrons. The van der Waals surface area contributed by atoms with E-state index in [1.165, 1.54) is 6.08 Å². The summed E-state index contributed by atoms with van der Waals surface area (Å²) in [5, 5.41) is 0. The molecule has 3 heteroatoms. The van der Waals surface area contributed by atoms with Crippen molar-refractivity contribution in [3.05, 3.63) is 42.6 Å². The molecule has 0 N–H and O–H groups in total. The Morgan fingerprint density at radius 2 is 1.78 bits per heavy atom. The summed E-state index contributed by atoms with van der Waals surface area (Å²) >= 11 is 0. The molecule has 0 spiro atoms. The van der Waals surface area contributed by atoms with Crippen LogP contribution in [0, 0.1) is 0 Å². The Kier molecular flexibility index (Phi) is 6.62. The molecule has 18 heavy (non-hydrogen) atoms. The zero-order valence-corrected chi connectivity index (χ0v) is 11.1. The third-order valence-electron chi connectivity index (χ3n) is 2.40. The smallest absolute Gasteiger partial charge is 0.337 e. The Balaban J connectivity index is 2.47. The lowest BCUT2D eigenvalue weighted by Crippen LogP contribution is -2.19. The Labute approximate surface area is 109 Å². The number of rotatable bonds is 7. The minimum Gasteiger partial charge on any atom is -0.423 e. The van der Waals surface area contributed by atoms with Crippen LogP contribution in [-0.2, 0) is 4.79 Å². The lowest BCUT2D eigenvalue weighted by atomic mass is 10.3. The number of carbonyl (C=O) groups excluding carboxylic acids is 1. The van der Waals surface area contributed by atoms with E-state index in [-0.39, 0.29) is 5.97 Å². The molecule has 1 rings (SSSR count). The first-order valence-electron chi connectivity index (χ1n) is 6.45. The van der Waals surface area contributed by atoms with Gasteiger partial charge in [0, 0.05) is 25.4 Å². The second-order valence-corrected chi connectivity index (χ2v) is 4.09. The summed E-state index contributed by atoms with van der Waals surface area (Å²) in [6.07, 6.45) is 5.44. The predicted octanol–water partition coefficient (Wildman–Crippen LogP) is 3.23. The van der Waals surface area contributed by atoms with Crippen molar-refractivity contribution in [3.8, 4) is 5.75 Å². The highest BCUT2D eigenvalue weighted by Gasteiger charge is 2.01. The van der Waals surface area contributed by atoms with Crippen molar-refractivity contribution in [2.75, 3.05) is 13.1 Å². The molecule has 0 aliphatic carbocycles. The topological polar surface area (TPSA) is 29.5 Å². The van der Waals surface area contributed by atoms with Crippen molar-refractivity contribution in [2.45, 2.75) is 26.7 Å². The van der Waals surface area contributed by atoms with Crippen molar-refractivity contribution in [3.63, 3.8) is 0 Å². The maximum atomic E-state index is 11.6. The Morgan fingerprint density at radius 3 is 2.33 bits per heavy atom. The number of carbonyl (C=O) groups is 1. The summed E-state index contributed by atoms with van der Waals surface area (Å²) < 4.78 is 5.17. The maximum Gasteiger partial charge on any atom is 0.337 e. The summed E-state index contributed by atoms with van der Waals surface area (Å²) in [5.74, 6) is 0.239. The number of esters is 1. The molecule has 0 unspecified atom stereocenters. The van der Waals surface area contributed by atoms with Gasteiger partial charge in [-0.3, -0.25) is 0 Å². The first kappa shape index (κ1) is 14.3. The van der Waals surface area contributed by atoms with E-state index in [4.69, 9.17) is 4.74 Å². The van der Waals surface area contributed by atoms with Crippen LogP contribution in [0.5, 0.6) is 5.75 Å². The Morgan fingerprint density at radius 1 is 1.17 bits per heavy atom. The highest BCUT2D eigenvalue weighted by Crippen LogP contribution is 2.08. The maximum absolute atomic E-state index is 11.6. The second kappa shape index (κ2) is 8.34. The van der Waals surface area contributed by atoms with Crippen LogP contribution in [0.1, 0.15) is 26.7 Å². The molecule has 0 fully saturated rings. The van der Waals surface area contributed by atoms with Gasteiger partial charge < -0.3 is 9.64 Å². The first-order chi connectivity index (χ1) is 8.76. The normalized spacial score (nSPS) is 10.6. The molecule has 0 aromatic heterocycles. The van der Waals surface area contributed by atoms with Crippen molar-refractivity contribution in [2.24, 2.45) is 0 Å². The van der Waals surface area contributed by atoms with E-state index in [9.17, 15) is 4.79 Å². The standard InChI is InChI=1S/C15H21NO2/c1-3-11-16(12-4-2)13-10-15(17)18-14-8-6-5-7-9-14/h5-10,13H,3-4,11-12H2,1-2H3/b13-10+. The zero-order chi connectivity index (χ0) is 13.2. The fourth-order valence-corrected chi connectivity index (χ4v) is 1.64. The molecule has 0 saturated heterocycles. The molecule has 0 amide bonds. The van der Waals surface area contributed by atoms with Crippen LogP contribution >= 0.6 is 0 Å². The van der Waals surface area contributed by atoms with Crippen molar-refractivity contribution in [1.29, 1.82) is 0 Å². The highest BCUT2D eigenvalue weighted by atomic mass is 16.5. The van der Waals surface area contributed by atoms with Gasteiger partial charge in [-0.05, 0) is 25.0 Å². The van der Waals surface area contributed by atoms with Crippen LogP contribution in [0.3, 0.4) is 0 Å². The highest BCUT2D eigenvalue weighted by molar-refractivity contribution is 5.83. The van der Waals surface area contributed by atoms with E-state index in [1.807, 2.05) is 24.4 Å². The first-order valence-corrected chi connectivity index (χ1v) is 6.45. The summed E-state index contributed by atoms with van der Waals surface area (Å²) in [6.45, 7) is 6.17. The van der Waals surface area contributed by atoms with Crippen molar-refractivity contribution in [1.82, 2.24) is 4.90 Å².